The molecule has 1 rings (SSSR count). The second-order valence-corrected chi connectivity index (χ2v) is 4.17. The van der Waals surface area contributed by atoms with Crippen molar-refractivity contribution in [3.63, 3.8) is 0 Å². The lowest BCUT2D eigenvalue weighted by atomic mass is 10.1. The molecular formula is C14H16N2O4. The molecule has 1 aromatic carbocycles. The van der Waals surface area contributed by atoms with E-state index in [1.807, 2.05) is 6.07 Å². The van der Waals surface area contributed by atoms with E-state index in [2.05, 4.69) is 5.32 Å². The third-order valence-corrected chi connectivity index (χ3v) is 2.65. The average molecular weight is 276 g/mol. The number of aliphatic carboxylic acids is 1. The number of nitrogens with zero attached hydrogens (tertiary/aromatic N) is 1. The van der Waals surface area contributed by atoms with E-state index in [4.69, 9.17) is 15.1 Å². The number of carboxylic acid groups (broad SMARTS) is 1. The number of rotatable bonds is 7. The number of amides is 1. The maximum atomic E-state index is 11.7. The molecule has 106 valence electrons. The summed E-state index contributed by atoms with van der Waals surface area (Å²) >= 11 is 0. The largest absolute Gasteiger partial charge is 0.482 e. The molecule has 1 aromatic rings. The number of benzene rings is 1. The van der Waals surface area contributed by atoms with E-state index in [-0.39, 0.29) is 13.0 Å². The molecule has 6 nitrogen and oxygen atoms in total. The zero-order valence-electron chi connectivity index (χ0n) is 11.1. The van der Waals surface area contributed by atoms with Crippen LogP contribution in [-0.2, 0) is 9.59 Å². The molecule has 0 aliphatic carbocycles. The van der Waals surface area contributed by atoms with Gasteiger partial charge in [0.1, 0.15) is 11.8 Å². The van der Waals surface area contributed by atoms with Crippen molar-refractivity contribution in [3.8, 4) is 11.8 Å². The molecular weight excluding hydrogens is 260 g/mol. The van der Waals surface area contributed by atoms with Gasteiger partial charge in [-0.15, -0.1) is 0 Å². The Hall–Kier alpha value is -2.55. The molecule has 0 radical (unpaired) electrons. The van der Waals surface area contributed by atoms with E-state index >= 15 is 0 Å². The van der Waals surface area contributed by atoms with Crippen LogP contribution in [0.4, 0.5) is 0 Å². The monoisotopic (exact) mass is 276 g/mol. The Morgan fingerprint density at radius 2 is 2.15 bits per heavy atom. The van der Waals surface area contributed by atoms with Gasteiger partial charge in [0, 0.05) is 6.04 Å². The summed E-state index contributed by atoms with van der Waals surface area (Å²) in [6, 6.07) is 8.13. The van der Waals surface area contributed by atoms with Crippen molar-refractivity contribution in [2.24, 2.45) is 0 Å². The summed E-state index contributed by atoms with van der Waals surface area (Å²) < 4.78 is 5.26. The Balaban J connectivity index is 2.51. The number of para-hydroxylation sites is 1. The van der Waals surface area contributed by atoms with Gasteiger partial charge in [-0.05, 0) is 18.6 Å². The first kappa shape index (κ1) is 15.5. The number of nitrogens with one attached hydrogen (secondary N) is 1. The highest BCUT2D eigenvalue weighted by Crippen LogP contribution is 2.16. The van der Waals surface area contributed by atoms with E-state index < -0.39 is 17.9 Å². The maximum absolute atomic E-state index is 11.7. The molecule has 0 fully saturated rings. The molecule has 1 unspecified atom stereocenters. The van der Waals surface area contributed by atoms with Gasteiger partial charge in [0.15, 0.2) is 6.61 Å². The van der Waals surface area contributed by atoms with Gasteiger partial charge in [0.05, 0.1) is 12.0 Å². The van der Waals surface area contributed by atoms with Crippen molar-refractivity contribution in [2.45, 2.75) is 25.8 Å². The van der Waals surface area contributed by atoms with Crippen LogP contribution in [0.2, 0.25) is 0 Å². The van der Waals surface area contributed by atoms with Crippen LogP contribution in [0.25, 0.3) is 0 Å². The van der Waals surface area contributed by atoms with E-state index in [9.17, 15) is 9.59 Å². The van der Waals surface area contributed by atoms with E-state index in [0.29, 0.717) is 17.7 Å². The summed E-state index contributed by atoms with van der Waals surface area (Å²) in [4.78, 5) is 22.2. The standard InChI is InChI=1S/C14H16N2O4/c1-2-11(7-14(18)19)16-13(17)9-20-12-6-4-3-5-10(12)8-15/h3-6,11H,2,7,9H2,1H3,(H,16,17)(H,18,19). The minimum atomic E-state index is -0.965. The summed E-state index contributed by atoms with van der Waals surface area (Å²) in [7, 11) is 0. The molecule has 6 heteroatoms. The lowest BCUT2D eigenvalue weighted by molar-refractivity contribution is -0.137. The number of carbonyl (C=O) groups excluding carboxylic acids is 1. The molecule has 0 saturated heterocycles. The van der Waals surface area contributed by atoms with Crippen molar-refractivity contribution >= 4 is 11.9 Å². The summed E-state index contributed by atoms with van der Waals surface area (Å²) in [6.45, 7) is 1.54. The smallest absolute Gasteiger partial charge is 0.305 e. The lowest BCUT2D eigenvalue weighted by Crippen LogP contribution is -2.38. The Morgan fingerprint density at radius 3 is 2.75 bits per heavy atom. The number of nitriles is 1. The average Bonchev–Trinajstić information content (AvgIpc) is 2.44. The van der Waals surface area contributed by atoms with Gasteiger partial charge in [-0.25, -0.2) is 0 Å². The van der Waals surface area contributed by atoms with Crippen LogP contribution in [0.15, 0.2) is 24.3 Å². The van der Waals surface area contributed by atoms with Crippen molar-refractivity contribution < 1.29 is 19.4 Å². The highest BCUT2D eigenvalue weighted by Gasteiger charge is 2.14. The highest BCUT2D eigenvalue weighted by atomic mass is 16.5. The third-order valence-electron chi connectivity index (χ3n) is 2.65. The van der Waals surface area contributed by atoms with Gasteiger partial charge < -0.3 is 15.2 Å². The molecule has 0 aromatic heterocycles. The zero-order valence-corrected chi connectivity index (χ0v) is 11.1. The fraction of sp³-hybridized carbons (Fsp3) is 0.357. The Morgan fingerprint density at radius 1 is 1.45 bits per heavy atom. The molecule has 20 heavy (non-hydrogen) atoms. The van der Waals surface area contributed by atoms with Crippen LogP contribution in [0, 0.1) is 11.3 Å². The number of hydrogen-bond acceptors (Lipinski definition) is 4. The first-order valence-electron chi connectivity index (χ1n) is 6.19. The molecule has 0 spiro atoms. The minimum absolute atomic E-state index is 0.128. The number of ether oxygens (including phenoxy) is 1. The molecule has 2 N–H and O–H groups in total. The lowest BCUT2D eigenvalue weighted by Gasteiger charge is -2.15. The summed E-state index contributed by atoms with van der Waals surface area (Å²) in [5.41, 5.74) is 0.345. The van der Waals surface area contributed by atoms with Crippen molar-refractivity contribution in [1.82, 2.24) is 5.32 Å². The van der Waals surface area contributed by atoms with E-state index in [0.717, 1.165) is 0 Å². The van der Waals surface area contributed by atoms with Crippen LogP contribution < -0.4 is 10.1 Å². The van der Waals surface area contributed by atoms with E-state index in [1.165, 1.54) is 0 Å². The van der Waals surface area contributed by atoms with Crippen molar-refractivity contribution in [2.75, 3.05) is 6.61 Å². The molecule has 1 atom stereocenters. The minimum Gasteiger partial charge on any atom is -0.482 e. The Kier molecular flexibility index (Phi) is 6.04. The van der Waals surface area contributed by atoms with Crippen molar-refractivity contribution in [1.29, 1.82) is 5.26 Å². The van der Waals surface area contributed by atoms with Crippen LogP contribution in [0.1, 0.15) is 25.3 Å². The normalized spacial score (nSPS) is 11.2. The predicted molar refractivity (Wildman–Crippen MR) is 71.1 cm³/mol. The first-order valence-corrected chi connectivity index (χ1v) is 6.19. The van der Waals surface area contributed by atoms with Crippen LogP contribution in [-0.4, -0.2) is 29.6 Å². The Bertz CT molecular complexity index is 522. The van der Waals surface area contributed by atoms with Gasteiger partial charge in [-0.3, -0.25) is 9.59 Å². The summed E-state index contributed by atoms with van der Waals surface area (Å²) in [5.74, 6) is -1.05. The zero-order chi connectivity index (χ0) is 15.0. The van der Waals surface area contributed by atoms with E-state index in [1.54, 1.807) is 31.2 Å². The molecule has 0 saturated carbocycles. The van der Waals surface area contributed by atoms with Crippen LogP contribution in [0.5, 0.6) is 5.75 Å². The second-order valence-electron chi connectivity index (χ2n) is 4.17. The van der Waals surface area contributed by atoms with Crippen LogP contribution in [0.3, 0.4) is 0 Å². The third kappa shape index (κ3) is 4.98. The van der Waals surface area contributed by atoms with Crippen LogP contribution >= 0.6 is 0 Å². The SMILES string of the molecule is CCC(CC(=O)O)NC(=O)COc1ccccc1C#N. The maximum Gasteiger partial charge on any atom is 0.305 e. The first-order chi connectivity index (χ1) is 9.56. The van der Waals surface area contributed by atoms with Gasteiger partial charge >= 0.3 is 5.97 Å². The Labute approximate surface area is 117 Å². The molecule has 0 heterocycles. The quantitative estimate of drug-likeness (QED) is 0.782. The molecule has 1 amide bonds. The van der Waals surface area contributed by atoms with Crippen molar-refractivity contribution in [3.05, 3.63) is 29.8 Å². The number of carbonyl (C=O) groups is 2. The molecule has 0 aliphatic rings. The fourth-order valence-corrected chi connectivity index (χ4v) is 1.61. The topological polar surface area (TPSA) is 99.4 Å². The van der Waals surface area contributed by atoms with Gasteiger partial charge in [-0.2, -0.15) is 5.26 Å². The predicted octanol–water partition coefficient (Wildman–Crippen LogP) is 1.31. The number of hydrogen-bond donors (Lipinski definition) is 2. The summed E-state index contributed by atoms with van der Waals surface area (Å²) in [6.07, 6.45) is 0.393. The molecule has 0 bridgehead atoms. The van der Waals surface area contributed by atoms with Gasteiger partial charge in [0.25, 0.3) is 5.91 Å². The number of carboxylic acids is 1. The highest BCUT2D eigenvalue weighted by molar-refractivity contribution is 5.78. The summed E-state index contributed by atoms with van der Waals surface area (Å²) in [5, 5.41) is 20.1. The fourth-order valence-electron chi connectivity index (χ4n) is 1.61. The second kappa shape index (κ2) is 7.79. The van der Waals surface area contributed by atoms with Gasteiger partial charge in [-0.1, -0.05) is 19.1 Å². The molecule has 0 aliphatic heterocycles. The van der Waals surface area contributed by atoms with Gasteiger partial charge in [0.2, 0.25) is 0 Å².